The van der Waals surface area contributed by atoms with Crippen LogP contribution < -0.4 is 15.8 Å². The molecule has 0 spiro atoms. The minimum atomic E-state index is 0.704. The Morgan fingerprint density at radius 3 is 2.82 bits per heavy atom. The summed E-state index contributed by atoms with van der Waals surface area (Å²) < 4.78 is 7.18. The molecule has 0 amide bonds. The van der Waals surface area contributed by atoms with Gasteiger partial charge in [-0.05, 0) is 24.5 Å². The molecule has 1 aromatic carbocycles. The van der Waals surface area contributed by atoms with E-state index in [9.17, 15) is 0 Å². The van der Waals surface area contributed by atoms with E-state index in [-0.39, 0.29) is 0 Å². The van der Waals surface area contributed by atoms with E-state index in [0.717, 1.165) is 54.2 Å². The summed E-state index contributed by atoms with van der Waals surface area (Å²) in [5, 5.41) is 3.45. The second kappa shape index (κ2) is 6.34. The third-order valence-corrected chi connectivity index (χ3v) is 4.90. The number of rotatable bonds is 4. The van der Waals surface area contributed by atoms with Crippen LogP contribution in [0, 0.1) is 0 Å². The molecule has 3 N–H and O–H groups in total. The maximum atomic E-state index is 6.12. The maximum absolute atomic E-state index is 6.12. The topological polar surface area (TPSA) is 50.5 Å². The zero-order chi connectivity index (χ0) is 15.6. The van der Waals surface area contributed by atoms with Crippen molar-refractivity contribution in [2.75, 3.05) is 71.0 Å². The molecule has 22 heavy (non-hydrogen) atoms. The van der Waals surface area contributed by atoms with E-state index in [1.165, 1.54) is 25.1 Å². The second-order valence-electron chi connectivity index (χ2n) is 7.12. The number of quaternary nitrogens is 1. The van der Waals surface area contributed by atoms with Crippen LogP contribution in [0.5, 0.6) is 5.75 Å². The fraction of sp³-hybridized carbons (Fsp3) is 0.647. The van der Waals surface area contributed by atoms with Crippen molar-refractivity contribution in [2.24, 2.45) is 0 Å². The minimum absolute atomic E-state index is 0.704. The number of likely N-dealkylation sites (N-methyl/N-ethyl adjacent to an activating group) is 1. The molecular formula is C17H29N4O+. The molecule has 3 rings (SSSR count). The monoisotopic (exact) mass is 305 g/mol. The number of anilines is 2. The first-order chi connectivity index (χ1) is 10.6. The van der Waals surface area contributed by atoms with E-state index >= 15 is 0 Å². The number of hydrogen-bond donors (Lipinski definition) is 2. The molecule has 1 fully saturated rings. The normalized spacial score (nSPS) is 21.0. The van der Waals surface area contributed by atoms with Gasteiger partial charge < -0.3 is 20.3 Å². The van der Waals surface area contributed by atoms with Crippen molar-refractivity contribution in [3.05, 3.63) is 17.7 Å². The van der Waals surface area contributed by atoms with E-state index in [1.807, 2.05) is 6.07 Å². The number of hydrogen-bond acceptors (Lipinski definition) is 4. The van der Waals surface area contributed by atoms with Crippen molar-refractivity contribution in [1.29, 1.82) is 0 Å². The molecular weight excluding hydrogens is 276 g/mol. The van der Waals surface area contributed by atoms with Crippen molar-refractivity contribution in [1.82, 2.24) is 4.90 Å². The fourth-order valence-corrected chi connectivity index (χ4v) is 3.24. The molecule has 0 saturated carbocycles. The van der Waals surface area contributed by atoms with Crippen LogP contribution in [0.3, 0.4) is 0 Å². The molecule has 1 aromatic rings. The summed E-state index contributed by atoms with van der Waals surface area (Å²) >= 11 is 0. The highest BCUT2D eigenvalue weighted by Crippen LogP contribution is 2.37. The molecule has 122 valence electrons. The lowest BCUT2D eigenvalue weighted by molar-refractivity contribution is -0.894. The van der Waals surface area contributed by atoms with Gasteiger partial charge in [-0.1, -0.05) is 6.07 Å². The van der Waals surface area contributed by atoms with Crippen molar-refractivity contribution >= 4 is 11.4 Å². The summed E-state index contributed by atoms with van der Waals surface area (Å²) in [6.45, 7) is 7.41. The lowest BCUT2D eigenvalue weighted by atomic mass is 10.0. The van der Waals surface area contributed by atoms with Crippen molar-refractivity contribution < 1.29 is 9.22 Å². The van der Waals surface area contributed by atoms with Crippen LogP contribution in [0.4, 0.5) is 11.4 Å². The van der Waals surface area contributed by atoms with Crippen LogP contribution in [0.15, 0.2) is 12.1 Å². The molecule has 2 heterocycles. The van der Waals surface area contributed by atoms with Crippen LogP contribution >= 0.6 is 0 Å². The molecule has 0 aromatic heterocycles. The maximum Gasteiger partial charge on any atom is 0.165 e. The van der Waals surface area contributed by atoms with Gasteiger partial charge in [0.15, 0.2) is 5.75 Å². The van der Waals surface area contributed by atoms with Crippen LogP contribution in [-0.4, -0.2) is 69.4 Å². The fourth-order valence-electron chi connectivity index (χ4n) is 3.24. The molecule has 0 aliphatic carbocycles. The number of ether oxygens (including phenoxy) is 1. The smallest absolute Gasteiger partial charge is 0.165 e. The lowest BCUT2D eigenvalue weighted by Crippen LogP contribution is -2.55. The Hall–Kier alpha value is -1.46. The summed E-state index contributed by atoms with van der Waals surface area (Å²) in [4.78, 5) is 2.49. The number of nitrogens with two attached hydrogens (primary N) is 1. The Labute approximate surface area is 133 Å². The van der Waals surface area contributed by atoms with Crippen LogP contribution in [0.25, 0.3) is 0 Å². The summed E-state index contributed by atoms with van der Waals surface area (Å²) in [6, 6.07) is 4.09. The average Bonchev–Trinajstić information content (AvgIpc) is 2.51. The van der Waals surface area contributed by atoms with E-state index in [1.54, 1.807) is 0 Å². The Morgan fingerprint density at radius 2 is 2.05 bits per heavy atom. The Balaban J connectivity index is 1.56. The number of benzene rings is 1. The quantitative estimate of drug-likeness (QED) is 0.652. The van der Waals surface area contributed by atoms with Crippen LogP contribution in [0.1, 0.15) is 12.0 Å². The summed E-state index contributed by atoms with van der Waals surface area (Å²) in [5.41, 5.74) is 9.30. The molecule has 0 atom stereocenters. The summed E-state index contributed by atoms with van der Waals surface area (Å²) in [6.07, 6.45) is 2.29. The Morgan fingerprint density at radius 1 is 1.27 bits per heavy atom. The van der Waals surface area contributed by atoms with Gasteiger partial charge in [-0.3, -0.25) is 4.90 Å². The van der Waals surface area contributed by atoms with Gasteiger partial charge in [-0.15, -0.1) is 0 Å². The van der Waals surface area contributed by atoms with Crippen molar-refractivity contribution in [3.8, 4) is 5.75 Å². The van der Waals surface area contributed by atoms with Gasteiger partial charge in [0.05, 0.1) is 38.6 Å². The van der Waals surface area contributed by atoms with Gasteiger partial charge in [-0.2, -0.15) is 0 Å². The second-order valence-corrected chi connectivity index (χ2v) is 7.12. The minimum Gasteiger partial charge on any atom is -0.488 e. The predicted octanol–water partition coefficient (Wildman–Crippen LogP) is 1.40. The molecule has 2 aliphatic heterocycles. The van der Waals surface area contributed by atoms with Crippen molar-refractivity contribution in [3.63, 3.8) is 0 Å². The molecule has 1 saturated heterocycles. The highest BCUT2D eigenvalue weighted by atomic mass is 16.5. The van der Waals surface area contributed by atoms with E-state index < -0.39 is 0 Å². The zero-order valence-electron chi connectivity index (χ0n) is 13.9. The van der Waals surface area contributed by atoms with Gasteiger partial charge in [0, 0.05) is 26.2 Å². The molecule has 0 radical (unpaired) electrons. The number of fused-ring (bicyclic) bond motifs is 1. The first kappa shape index (κ1) is 15.4. The highest BCUT2D eigenvalue weighted by Gasteiger charge is 2.24. The lowest BCUT2D eigenvalue weighted by Gasteiger charge is -2.39. The summed E-state index contributed by atoms with van der Waals surface area (Å²) in [5.74, 6) is 0.852. The van der Waals surface area contributed by atoms with E-state index in [2.05, 4.69) is 30.4 Å². The number of aryl methyl sites for hydroxylation is 1. The number of nitrogen functional groups attached to an aromatic ring is 1. The number of piperazine rings is 1. The molecule has 5 heteroatoms. The molecule has 2 aliphatic rings. The highest BCUT2D eigenvalue weighted by molar-refractivity contribution is 5.73. The van der Waals surface area contributed by atoms with E-state index in [0.29, 0.717) is 6.61 Å². The molecule has 0 unspecified atom stereocenters. The van der Waals surface area contributed by atoms with Gasteiger partial charge in [-0.25, -0.2) is 0 Å². The summed E-state index contributed by atoms with van der Waals surface area (Å²) in [7, 11) is 4.60. The van der Waals surface area contributed by atoms with Crippen molar-refractivity contribution in [2.45, 2.75) is 12.8 Å². The van der Waals surface area contributed by atoms with Gasteiger partial charge in [0.1, 0.15) is 6.61 Å². The van der Waals surface area contributed by atoms with Crippen LogP contribution in [0.2, 0.25) is 0 Å². The van der Waals surface area contributed by atoms with E-state index in [4.69, 9.17) is 10.5 Å². The largest absolute Gasteiger partial charge is 0.488 e. The third-order valence-electron chi connectivity index (χ3n) is 4.90. The van der Waals surface area contributed by atoms with Gasteiger partial charge in [0.2, 0.25) is 0 Å². The number of nitrogens with one attached hydrogen (secondary N) is 1. The Bertz CT molecular complexity index is 520. The average molecular weight is 305 g/mol. The Kier molecular flexibility index (Phi) is 4.45. The SMILES string of the molecule is C[N+]1(C)CCN(CCOc2c(N)ccc3c2NCCC3)CC1. The standard InChI is InChI=1S/C17H29N4O/c1-21(2)11-8-20(9-12-21)10-13-22-17-15(18)6-5-14-4-3-7-19-16(14)17/h5-6,19H,3-4,7-13,18H2,1-2H3/q+1. The van der Waals surface area contributed by atoms with Gasteiger partial charge in [0.25, 0.3) is 0 Å². The predicted molar refractivity (Wildman–Crippen MR) is 91.4 cm³/mol. The first-order valence-corrected chi connectivity index (χ1v) is 8.37. The first-order valence-electron chi connectivity index (χ1n) is 8.37. The zero-order valence-corrected chi connectivity index (χ0v) is 13.9. The molecule has 0 bridgehead atoms. The van der Waals surface area contributed by atoms with Gasteiger partial charge >= 0.3 is 0 Å². The third kappa shape index (κ3) is 3.47. The van der Waals surface area contributed by atoms with Crippen LogP contribution in [-0.2, 0) is 6.42 Å². The number of nitrogens with zero attached hydrogens (tertiary/aromatic N) is 2. The molecule has 5 nitrogen and oxygen atoms in total.